The van der Waals surface area contributed by atoms with E-state index in [1.807, 2.05) is 72.8 Å². The van der Waals surface area contributed by atoms with Gasteiger partial charge in [-0.15, -0.1) is 5.10 Å². The Morgan fingerprint density at radius 2 is 1.63 bits per heavy atom. The highest BCUT2D eigenvalue weighted by molar-refractivity contribution is 5.92. The van der Waals surface area contributed by atoms with E-state index in [0.29, 0.717) is 11.5 Å². The van der Waals surface area contributed by atoms with Gasteiger partial charge in [0, 0.05) is 29.7 Å². The second-order valence-corrected chi connectivity index (χ2v) is 7.75. The van der Waals surface area contributed by atoms with Gasteiger partial charge in [0.25, 0.3) is 0 Å². The Bertz CT molecular complexity index is 1420. The number of amides is 1. The standard InChI is InChI=1S/C27H22N6O2/c1-35-23-10-7-20(8-11-23)27-24(31-32-33(27)22-13-15-28-16-14-22)17-26(34)30-25-12-9-21(18-29-25)19-5-3-2-4-6-19/h2-16,18H,17H2,1H3,(H,29,30,34). The molecule has 0 unspecified atom stereocenters. The van der Waals surface area contributed by atoms with Crippen LogP contribution in [0.25, 0.3) is 28.1 Å². The molecule has 0 aliphatic rings. The quantitative estimate of drug-likeness (QED) is 0.380. The number of anilines is 1. The molecule has 5 rings (SSSR count). The first-order chi connectivity index (χ1) is 17.2. The Balaban J connectivity index is 1.39. The summed E-state index contributed by atoms with van der Waals surface area (Å²) in [5.74, 6) is 0.977. The number of rotatable bonds is 7. The summed E-state index contributed by atoms with van der Waals surface area (Å²) in [6.45, 7) is 0. The largest absolute Gasteiger partial charge is 0.497 e. The first kappa shape index (κ1) is 22.0. The predicted molar refractivity (Wildman–Crippen MR) is 133 cm³/mol. The molecule has 0 saturated heterocycles. The molecule has 2 aromatic carbocycles. The minimum atomic E-state index is -0.235. The fourth-order valence-electron chi connectivity index (χ4n) is 3.74. The van der Waals surface area contributed by atoms with Crippen LogP contribution in [-0.2, 0) is 11.2 Å². The van der Waals surface area contributed by atoms with Crippen molar-refractivity contribution < 1.29 is 9.53 Å². The molecule has 1 amide bonds. The van der Waals surface area contributed by atoms with Gasteiger partial charge in [-0.3, -0.25) is 9.78 Å². The first-order valence-electron chi connectivity index (χ1n) is 11.0. The zero-order valence-electron chi connectivity index (χ0n) is 19.0. The van der Waals surface area contributed by atoms with Crippen LogP contribution in [0.1, 0.15) is 5.69 Å². The Kier molecular flexibility index (Phi) is 6.25. The van der Waals surface area contributed by atoms with E-state index in [0.717, 1.165) is 33.8 Å². The Labute approximate surface area is 202 Å². The van der Waals surface area contributed by atoms with Gasteiger partial charge < -0.3 is 10.1 Å². The van der Waals surface area contributed by atoms with Crippen LogP contribution < -0.4 is 10.1 Å². The molecule has 3 aromatic heterocycles. The summed E-state index contributed by atoms with van der Waals surface area (Å²) in [6.07, 6.45) is 5.15. The number of benzene rings is 2. The maximum absolute atomic E-state index is 12.9. The first-order valence-corrected chi connectivity index (χ1v) is 11.0. The van der Waals surface area contributed by atoms with Crippen molar-refractivity contribution in [1.29, 1.82) is 0 Å². The van der Waals surface area contributed by atoms with Gasteiger partial charge in [0.05, 0.1) is 24.9 Å². The SMILES string of the molecule is COc1ccc(-c2c(CC(=O)Nc3ccc(-c4ccccc4)cn3)nnn2-c2ccncc2)cc1. The van der Waals surface area contributed by atoms with Gasteiger partial charge in [0.15, 0.2) is 0 Å². The molecule has 0 atom stereocenters. The van der Waals surface area contributed by atoms with E-state index >= 15 is 0 Å². The molecule has 5 aromatic rings. The van der Waals surface area contributed by atoms with Crippen LogP contribution in [0.4, 0.5) is 5.82 Å². The van der Waals surface area contributed by atoms with Crippen molar-refractivity contribution in [2.75, 3.05) is 12.4 Å². The van der Waals surface area contributed by atoms with Gasteiger partial charge in [-0.25, -0.2) is 9.67 Å². The Hall–Kier alpha value is -4.85. The lowest BCUT2D eigenvalue weighted by atomic mass is 10.1. The van der Waals surface area contributed by atoms with Crippen molar-refractivity contribution in [3.8, 4) is 33.8 Å². The molecule has 0 fully saturated rings. The highest BCUT2D eigenvalue weighted by Gasteiger charge is 2.19. The van der Waals surface area contributed by atoms with E-state index in [-0.39, 0.29) is 12.3 Å². The van der Waals surface area contributed by atoms with Gasteiger partial charge in [-0.1, -0.05) is 35.5 Å². The summed E-state index contributed by atoms with van der Waals surface area (Å²) >= 11 is 0. The smallest absolute Gasteiger partial charge is 0.231 e. The van der Waals surface area contributed by atoms with E-state index in [9.17, 15) is 4.79 Å². The van der Waals surface area contributed by atoms with Gasteiger partial charge in [0.1, 0.15) is 17.3 Å². The predicted octanol–water partition coefficient (Wildman–Crippen LogP) is 4.58. The van der Waals surface area contributed by atoms with Crippen molar-refractivity contribution >= 4 is 11.7 Å². The van der Waals surface area contributed by atoms with Crippen LogP contribution in [0.15, 0.2) is 97.5 Å². The van der Waals surface area contributed by atoms with Gasteiger partial charge >= 0.3 is 0 Å². The summed E-state index contributed by atoms with van der Waals surface area (Å²) in [4.78, 5) is 21.4. The van der Waals surface area contributed by atoms with Gasteiger partial charge in [0.2, 0.25) is 5.91 Å². The normalized spacial score (nSPS) is 10.7. The lowest BCUT2D eigenvalue weighted by molar-refractivity contribution is -0.115. The highest BCUT2D eigenvalue weighted by atomic mass is 16.5. The Morgan fingerprint density at radius 3 is 2.31 bits per heavy atom. The van der Waals surface area contributed by atoms with E-state index in [1.165, 1.54) is 0 Å². The molecule has 1 N–H and O–H groups in total. The van der Waals surface area contributed by atoms with Crippen molar-refractivity contribution in [1.82, 2.24) is 25.0 Å². The van der Waals surface area contributed by atoms with E-state index in [2.05, 4.69) is 25.6 Å². The lowest BCUT2D eigenvalue weighted by Gasteiger charge is -2.10. The van der Waals surface area contributed by atoms with Crippen molar-refractivity contribution in [2.45, 2.75) is 6.42 Å². The molecular formula is C27H22N6O2. The van der Waals surface area contributed by atoms with Crippen LogP contribution in [0.2, 0.25) is 0 Å². The number of nitrogens with one attached hydrogen (secondary N) is 1. The Morgan fingerprint density at radius 1 is 0.886 bits per heavy atom. The van der Waals surface area contributed by atoms with Crippen molar-refractivity contribution in [3.05, 3.63) is 103 Å². The molecule has 0 spiro atoms. The number of pyridine rings is 2. The minimum Gasteiger partial charge on any atom is -0.497 e. The second kappa shape index (κ2) is 9.96. The molecule has 0 aliphatic heterocycles. The molecule has 0 saturated carbocycles. The van der Waals surface area contributed by atoms with Crippen molar-refractivity contribution in [3.63, 3.8) is 0 Å². The summed E-state index contributed by atoms with van der Waals surface area (Å²) in [7, 11) is 1.62. The number of nitrogens with zero attached hydrogens (tertiary/aromatic N) is 5. The topological polar surface area (TPSA) is 94.8 Å². The average Bonchev–Trinajstić information content (AvgIpc) is 3.33. The molecule has 0 radical (unpaired) electrons. The monoisotopic (exact) mass is 462 g/mol. The number of hydrogen-bond donors (Lipinski definition) is 1. The fourth-order valence-corrected chi connectivity index (χ4v) is 3.74. The molecule has 35 heavy (non-hydrogen) atoms. The van der Waals surface area contributed by atoms with Crippen LogP contribution in [0.3, 0.4) is 0 Å². The summed E-state index contributed by atoms with van der Waals surface area (Å²) < 4.78 is 6.99. The van der Waals surface area contributed by atoms with E-state index in [1.54, 1.807) is 36.4 Å². The molecule has 3 heterocycles. The molecular weight excluding hydrogens is 440 g/mol. The third-order valence-corrected chi connectivity index (χ3v) is 5.48. The molecule has 8 nitrogen and oxygen atoms in total. The molecule has 172 valence electrons. The van der Waals surface area contributed by atoms with E-state index in [4.69, 9.17) is 4.74 Å². The number of methoxy groups -OCH3 is 1. The maximum Gasteiger partial charge on any atom is 0.231 e. The third-order valence-electron chi connectivity index (χ3n) is 5.48. The number of carbonyl (C=O) groups excluding carboxylic acids is 1. The van der Waals surface area contributed by atoms with Crippen LogP contribution in [0.5, 0.6) is 5.75 Å². The minimum absolute atomic E-state index is 0.0363. The molecule has 0 aliphatic carbocycles. The lowest BCUT2D eigenvalue weighted by Crippen LogP contribution is -2.16. The maximum atomic E-state index is 12.9. The number of aromatic nitrogens is 5. The molecule has 8 heteroatoms. The fraction of sp³-hybridized carbons (Fsp3) is 0.0741. The zero-order chi connectivity index (χ0) is 24.0. The van der Waals surface area contributed by atoms with Crippen LogP contribution in [-0.4, -0.2) is 38.0 Å². The van der Waals surface area contributed by atoms with Crippen LogP contribution in [0, 0.1) is 0 Å². The van der Waals surface area contributed by atoms with Gasteiger partial charge in [-0.05, 0) is 54.1 Å². The average molecular weight is 463 g/mol. The van der Waals surface area contributed by atoms with Gasteiger partial charge in [-0.2, -0.15) is 0 Å². The summed E-state index contributed by atoms with van der Waals surface area (Å²) in [5, 5.41) is 11.5. The number of hydrogen-bond acceptors (Lipinski definition) is 6. The molecule has 0 bridgehead atoms. The summed E-state index contributed by atoms with van der Waals surface area (Å²) in [6, 6.07) is 24.9. The highest BCUT2D eigenvalue weighted by Crippen LogP contribution is 2.27. The third kappa shape index (κ3) is 4.91. The van der Waals surface area contributed by atoms with E-state index < -0.39 is 0 Å². The number of carbonyl (C=O) groups is 1. The van der Waals surface area contributed by atoms with Crippen LogP contribution >= 0.6 is 0 Å². The zero-order valence-corrected chi connectivity index (χ0v) is 19.0. The number of ether oxygens (including phenoxy) is 1. The van der Waals surface area contributed by atoms with Crippen molar-refractivity contribution in [2.24, 2.45) is 0 Å². The summed E-state index contributed by atoms with van der Waals surface area (Å²) in [5.41, 5.74) is 4.97. The second-order valence-electron chi connectivity index (χ2n) is 7.75.